The zero-order chi connectivity index (χ0) is 33.8. The molecule has 0 radical (unpaired) electrons. The number of fused-ring (bicyclic) bond motifs is 1. The lowest BCUT2D eigenvalue weighted by atomic mass is 10.1. The maximum atomic E-state index is 13.3. The molecule has 0 aliphatic rings. The second-order valence-corrected chi connectivity index (χ2v) is 11.5. The minimum Gasteiger partial charge on any atom is -0.493 e. The molecule has 1 heterocycles. The SMILES string of the molecule is COc1cc2oc(-c3cccc(NC(=O)c4cc(NC(=O)[C@H](C)NC(=O)OC(C)(C)C)ccc4Cl)c3)cc(=O)c2c(OC)c1OC. The van der Waals surface area contributed by atoms with Crippen LogP contribution in [0.15, 0.2) is 63.8 Å². The number of methoxy groups -OCH3 is 3. The Bertz CT molecular complexity index is 1860. The van der Waals surface area contributed by atoms with E-state index in [0.29, 0.717) is 17.0 Å². The van der Waals surface area contributed by atoms with Gasteiger partial charge in [-0.2, -0.15) is 0 Å². The van der Waals surface area contributed by atoms with Crippen LogP contribution in [0.25, 0.3) is 22.3 Å². The number of anilines is 2. The van der Waals surface area contributed by atoms with Crippen LogP contribution in [0.5, 0.6) is 17.2 Å². The van der Waals surface area contributed by atoms with Crippen molar-refractivity contribution in [3.8, 4) is 28.6 Å². The van der Waals surface area contributed by atoms with Crippen molar-refractivity contribution in [1.82, 2.24) is 5.32 Å². The summed E-state index contributed by atoms with van der Waals surface area (Å²) in [5.74, 6) is -0.0896. The van der Waals surface area contributed by atoms with Crippen molar-refractivity contribution in [3.05, 3.63) is 75.4 Å². The van der Waals surface area contributed by atoms with Gasteiger partial charge in [-0.3, -0.25) is 14.4 Å². The number of ether oxygens (including phenoxy) is 4. The summed E-state index contributed by atoms with van der Waals surface area (Å²) in [6, 6.07) is 13.0. The lowest BCUT2D eigenvalue weighted by Crippen LogP contribution is -2.44. The molecule has 13 heteroatoms. The fraction of sp³-hybridized carbons (Fsp3) is 0.273. The Labute approximate surface area is 269 Å². The van der Waals surface area contributed by atoms with Crippen LogP contribution in [0.2, 0.25) is 5.02 Å². The lowest BCUT2D eigenvalue weighted by molar-refractivity contribution is -0.117. The van der Waals surface area contributed by atoms with E-state index in [1.165, 1.54) is 58.6 Å². The monoisotopic (exact) mass is 651 g/mol. The smallest absolute Gasteiger partial charge is 0.408 e. The number of alkyl carbamates (subject to hydrolysis) is 1. The molecule has 3 N–H and O–H groups in total. The fourth-order valence-electron chi connectivity index (χ4n) is 4.46. The molecule has 1 aromatic heterocycles. The summed E-state index contributed by atoms with van der Waals surface area (Å²) in [6.07, 6.45) is -0.740. The third kappa shape index (κ3) is 7.70. The van der Waals surface area contributed by atoms with Crippen molar-refractivity contribution >= 4 is 51.9 Å². The van der Waals surface area contributed by atoms with Crippen LogP contribution < -0.4 is 35.6 Å². The van der Waals surface area contributed by atoms with E-state index in [0.717, 1.165) is 0 Å². The number of halogens is 1. The summed E-state index contributed by atoms with van der Waals surface area (Å²) in [5.41, 5.74) is 0.380. The van der Waals surface area contributed by atoms with E-state index in [1.807, 2.05) is 0 Å². The maximum Gasteiger partial charge on any atom is 0.408 e. The van der Waals surface area contributed by atoms with Crippen LogP contribution in [0.1, 0.15) is 38.1 Å². The predicted octanol–water partition coefficient (Wildman–Crippen LogP) is 6.24. The van der Waals surface area contributed by atoms with Crippen LogP contribution in [0, 0.1) is 0 Å². The van der Waals surface area contributed by atoms with Crippen LogP contribution >= 0.6 is 11.6 Å². The molecule has 0 fully saturated rings. The van der Waals surface area contributed by atoms with Gasteiger partial charge in [0.2, 0.25) is 11.7 Å². The first-order valence-electron chi connectivity index (χ1n) is 14.0. The van der Waals surface area contributed by atoms with Gasteiger partial charge in [-0.25, -0.2) is 4.79 Å². The maximum absolute atomic E-state index is 13.3. The van der Waals surface area contributed by atoms with Crippen LogP contribution in [0.4, 0.5) is 16.2 Å². The Balaban J connectivity index is 1.55. The minimum atomic E-state index is -0.926. The number of carbonyl (C=O) groups excluding carboxylic acids is 3. The molecule has 0 unspecified atom stereocenters. The van der Waals surface area contributed by atoms with Gasteiger partial charge in [0.05, 0.1) is 31.9 Å². The van der Waals surface area contributed by atoms with Gasteiger partial charge in [0.25, 0.3) is 5.91 Å². The normalized spacial score (nSPS) is 11.7. The van der Waals surface area contributed by atoms with Gasteiger partial charge in [0.1, 0.15) is 28.4 Å². The number of rotatable bonds is 9. The van der Waals surface area contributed by atoms with E-state index in [4.69, 9.17) is 35.0 Å². The van der Waals surface area contributed by atoms with Gasteiger partial charge < -0.3 is 39.3 Å². The molecule has 46 heavy (non-hydrogen) atoms. The molecule has 0 spiro atoms. The average Bonchev–Trinajstić information content (AvgIpc) is 2.99. The molecule has 0 bridgehead atoms. The third-order valence-electron chi connectivity index (χ3n) is 6.53. The number of carbonyl (C=O) groups is 3. The molecule has 3 amide bonds. The highest BCUT2D eigenvalue weighted by Gasteiger charge is 2.23. The van der Waals surface area contributed by atoms with Gasteiger partial charge in [0.15, 0.2) is 16.9 Å². The molecule has 0 saturated carbocycles. The quantitative estimate of drug-likeness (QED) is 0.191. The van der Waals surface area contributed by atoms with Crippen molar-refractivity contribution in [3.63, 3.8) is 0 Å². The first-order valence-corrected chi connectivity index (χ1v) is 14.4. The highest BCUT2D eigenvalue weighted by Crippen LogP contribution is 2.42. The minimum absolute atomic E-state index is 0.0861. The van der Waals surface area contributed by atoms with E-state index < -0.39 is 29.6 Å². The summed E-state index contributed by atoms with van der Waals surface area (Å²) in [7, 11) is 4.31. The Morgan fingerprint density at radius 2 is 1.57 bits per heavy atom. The molecular formula is C33H34ClN3O9. The standard InChI is InChI=1S/C33H34ClN3O9/c1-17(35-32(41)46-33(2,3)4)30(39)36-20-11-12-22(34)21(14-20)31(40)37-19-10-8-9-18(13-19)24-15-23(38)27-25(45-24)16-26(42-5)28(43-6)29(27)44-7/h8-17H,1-7H3,(H,35,41)(H,36,39)(H,37,40)/t17-/m0/s1. The van der Waals surface area contributed by atoms with E-state index in [2.05, 4.69) is 16.0 Å². The van der Waals surface area contributed by atoms with Crippen LogP contribution in [-0.4, -0.2) is 50.9 Å². The number of benzene rings is 3. The van der Waals surface area contributed by atoms with Crippen molar-refractivity contribution in [2.45, 2.75) is 39.3 Å². The first-order chi connectivity index (χ1) is 21.7. The topological polar surface area (TPSA) is 154 Å². The second kappa shape index (κ2) is 13.8. The Morgan fingerprint density at radius 3 is 2.22 bits per heavy atom. The van der Waals surface area contributed by atoms with Crippen molar-refractivity contribution < 1.29 is 37.7 Å². The summed E-state index contributed by atoms with van der Waals surface area (Å²) < 4.78 is 27.5. The predicted molar refractivity (Wildman–Crippen MR) is 174 cm³/mol. The Hall–Kier alpha value is -5.23. The number of nitrogens with one attached hydrogen (secondary N) is 3. The second-order valence-electron chi connectivity index (χ2n) is 11.1. The summed E-state index contributed by atoms with van der Waals surface area (Å²) >= 11 is 6.33. The van der Waals surface area contributed by atoms with E-state index in [9.17, 15) is 19.2 Å². The molecule has 12 nitrogen and oxygen atoms in total. The molecule has 0 aliphatic heterocycles. The molecule has 0 aliphatic carbocycles. The zero-order valence-corrected chi connectivity index (χ0v) is 27.1. The number of amides is 3. The highest BCUT2D eigenvalue weighted by molar-refractivity contribution is 6.34. The third-order valence-corrected chi connectivity index (χ3v) is 6.86. The molecular weight excluding hydrogens is 618 g/mol. The summed E-state index contributed by atoms with van der Waals surface area (Å²) in [5, 5.41) is 8.22. The molecule has 0 saturated heterocycles. The van der Waals surface area contributed by atoms with Crippen LogP contribution in [-0.2, 0) is 9.53 Å². The van der Waals surface area contributed by atoms with Crippen molar-refractivity contribution in [2.75, 3.05) is 32.0 Å². The van der Waals surface area contributed by atoms with E-state index in [-0.39, 0.29) is 49.9 Å². The van der Waals surface area contributed by atoms with Crippen LogP contribution in [0.3, 0.4) is 0 Å². The lowest BCUT2D eigenvalue weighted by Gasteiger charge is -2.21. The highest BCUT2D eigenvalue weighted by atomic mass is 35.5. The van der Waals surface area contributed by atoms with Gasteiger partial charge in [-0.1, -0.05) is 23.7 Å². The molecule has 4 aromatic rings. The summed E-state index contributed by atoms with van der Waals surface area (Å²) in [4.78, 5) is 51.2. The van der Waals surface area contributed by atoms with Crippen molar-refractivity contribution in [1.29, 1.82) is 0 Å². The van der Waals surface area contributed by atoms with Gasteiger partial charge in [-0.15, -0.1) is 0 Å². The molecule has 242 valence electrons. The first kappa shape index (κ1) is 33.7. The molecule has 3 aromatic carbocycles. The van der Waals surface area contributed by atoms with Gasteiger partial charge >= 0.3 is 6.09 Å². The molecule has 1 atom stereocenters. The summed E-state index contributed by atoms with van der Waals surface area (Å²) in [6.45, 7) is 6.63. The van der Waals surface area contributed by atoms with Gasteiger partial charge in [0, 0.05) is 29.1 Å². The largest absolute Gasteiger partial charge is 0.493 e. The van der Waals surface area contributed by atoms with E-state index in [1.54, 1.807) is 45.0 Å². The number of hydrogen-bond donors (Lipinski definition) is 3. The molecule has 4 rings (SSSR count). The fourth-order valence-corrected chi connectivity index (χ4v) is 4.66. The Morgan fingerprint density at radius 1 is 0.870 bits per heavy atom. The van der Waals surface area contributed by atoms with E-state index >= 15 is 0 Å². The Kier molecular flexibility index (Phi) is 10.1. The average molecular weight is 652 g/mol. The zero-order valence-electron chi connectivity index (χ0n) is 26.3. The number of hydrogen-bond acceptors (Lipinski definition) is 9. The van der Waals surface area contributed by atoms with Gasteiger partial charge in [-0.05, 0) is 58.0 Å². The van der Waals surface area contributed by atoms with Crippen molar-refractivity contribution in [2.24, 2.45) is 0 Å².